The van der Waals surface area contributed by atoms with Crippen LogP contribution in [0.4, 0.5) is 10.5 Å². The van der Waals surface area contributed by atoms with Crippen LogP contribution in [0.5, 0.6) is 0 Å². The third-order valence-electron chi connectivity index (χ3n) is 3.05. The first-order chi connectivity index (χ1) is 9.95. The van der Waals surface area contributed by atoms with Crippen molar-refractivity contribution in [2.75, 3.05) is 11.9 Å². The third kappa shape index (κ3) is 4.93. The molecule has 2 rings (SSSR count). The van der Waals surface area contributed by atoms with Crippen LogP contribution in [0, 0.1) is 5.92 Å². The zero-order valence-electron chi connectivity index (χ0n) is 12.2. The van der Waals surface area contributed by atoms with E-state index in [0.29, 0.717) is 28.7 Å². The van der Waals surface area contributed by atoms with Crippen LogP contribution in [0.25, 0.3) is 0 Å². The first-order valence-corrected chi connectivity index (χ1v) is 7.48. The maximum absolute atomic E-state index is 12.0. The summed E-state index contributed by atoms with van der Waals surface area (Å²) in [4.78, 5) is 23.8. The summed E-state index contributed by atoms with van der Waals surface area (Å²) in [7, 11) is 0. The molecule has 0 unspecified atom stereocenters. The molecule has 0 spiro atoms. The van der Waals surface area contributed by atoms with Gasteiger partial charge in [-0.2, -0.15) is 0 Å². The Hall–Kier alpha value is -1.75. The van der Waals surface area contributed by atoms with Crippen LogP contribution in [-0.2, 0) is 0 Å². The Morgan fingerprint density at radius 1 is 1.33 bits per heavy atom. The molecule has 1 aliphatic rings. The Balaban J connectivity index is 2.00. The van der Waals surface area contributed by atoms with Gasteiger partial charge >= 0.3 is 6.03 Å². The van der Waals surface area contributed by atoms with E-state index in [0.717, 1.165) is 12.8 Å². The van der Waals surface area contributed by atoms with Crippen LogP contribution >= 0.6 is 11.6 Å². The summed E-state index contributed by atoms with van der Waals surface area (Å²) in [5.41, 5.74) is 0.923. The molecule has 114 valence electrons. The van der Waals surface area contributed by atoms with E-state index in [-0.39, 0.29) is 18.0 Å². The highest BCUT2D eigenvalue weighted by Crippen LogP contribution is 2.23. The summed E-state index contributed by atoms with van der Waals surface area (Å²) in [5.74, 6) is 0.176. The number of nitrogens with one attached hydrogen (secondary N) is 3. The van der Waals surface area contributed by atoms with Gasteiger partial charge in [0.05, 0.1) is 10.6 Å². The molecule has 3 N–H and O–H groups in total. The highest BCUT2D eigenvalue weighted by Gasteiger charge is 2.24. The second-order valence-electron chi connectivity index (χ2n) is 5.67. The fourth-order valence-corrected chi connectivity index (χ4v) is 1.94. The average molecular weight is 310 g/mol. The molecule has 6 heteroatoms. The lowest BCUT2D eigenvalue weighted by molar-refractivity contribution is 0.0951. The van der Waals surface area contributed by atoms with E-state index in [1.165, 1.54) is 0 Å². The van der Waals surface area contributed by atoms with Crippen LogP contribution < -0.4 is 16.0 Å². The number of halogens is 1. The number of anilines is 1. The van der Waals surface area contributed by atoms with E-state index < -0.39 is 0 Å². The van der Waals surface area contributed by atoms with Gasteiger partial charge in [0, 0.05) is 18.3 Å². The minimum Gasteiger partial charge on any atom is -0.349 e. The van der Waals surface area contributed by atoms with E-state index in [9.17, 15) is 9.59 Å². The summed E-state index contributed by atoms with van der Waals surface area (Å²) >= 11 is 6.05. The van der Waals surface area contributed by atoms with Gasteiger partial charge in [-0.15, -0.1) is 0 Å². The number of rotatable bonds is 5. The number of carbonyl (C=O) groups is 2. The van der Waals surface area contributed by atoms with Gasteiger partial charge in [0.25, 0.3) is 5.91 Å². The molecule has 0 bridgehead atoms. The summed E-state index contributed by atoms with van der Waals surface area (Å²) in [5, 5.41) is 8.71. The lowest BCUT2D eigenvalue weighted by Crippen LogP contribution is -2.32. The van der Waals surface area contributed by atoms with Crippen molar-refractivity contribution in [2.45, 2.75) is 32.7 Å². The van der Waals surface area contributed by atoms with Crippen LogP contribution in [-0.4, -0.2) is 24.5 Å². The van der Waals surface area contributed by atoms with Crippen molar-refractivity contribution in [3.05, 3.63) is 28.8 Å². The first kappa shape index (κ1) is 15.6. The number of urea groups is 1. The quantitative estimate of drug-likeness (QED) is 0.782. The Morgan fingerprint density at radius 3 is 2.67 bits per heavy atom. The molecule has 1 fully saturated rings. The van der Waals surface area contributed by atoms with Gasteiger partial charge in [0.1, 0.15) is 0 Å². The fourth-order valence-electron chi connectivity index (χ4n) is 1.74. The van der Waals surface area contributed by atoms with Crippen molar-refractivity contribution in [1.29, 1.82) is 0 Å². The van der Waals surface area contributed by atoms with E-state index in [1.807, 2.05) is 13.8 Å². The minimum atomic E-state index is -0.292. The molecular formula is C15H20ClN3O2. The second kappa shape index (κ2) is 6.80. The van der Waals surface area contributed by atoms with Gasteiger partial charge in [-0.05, 0) is 37.0 Å². The monoisotopic (exact) mass is 309 g/mol. The number of carbonyl (C=O) groups excluding carboxylic acids is 2. The van der Waals surface area contributed by atoms with Gasteiger partial charge in [0.15, 0.2) is 0 Å². The molecule has 3 amide bonds. The highest BCUT2D eigenvalue weighted by atomic mass is 35.5. The lowest BCUT2D eigenvalue weighted by atomic mass is 10.2. The van der Waals surface area contributed by atoms with E-state index in [2.05, 4.69) is 16.0 Å². The Bertz CT molecular complexity index is 542. The normalized spacial score (nSPS) is 13.9. The van der Waals surface area contributed by atoms with Crippen molar-refractivity contribution >= 4 is 29.2 Å². The Kier molecular flexibility index (Phi) is 5.07. The maximum Gasteiger partial charge on any atom is 0.319 e. The predicted octanol–water partition coefficient (Wildman–Crippen LogP) is 3.01. The van der Waals surface area contributed by atoms with Crippen molar-refractivity contribution in [3.63, 3.8) is 0 Å². The molecule has 0 radical (unpaired) electrons. The summed E-state index contributed by atoms with van der Waals surface area (Å²) < 4.78 is 0. The molecule has 0 aliphatic heterocycles. The smallest absolute Gasteiger partial charge is 0.319 e. The largest absolute Gasteiger partial charge is 0.349 e. The number of hydrogen-bond acceptors (Lipinski definition) is 2. The van der Waals surface area contributed by atoms with Crippen molar-refractivity contribution in [1.82, 2.24) is 10.6 Å². The molecule has 5 nitrogen and oxygen atoms in total. The fraction of sp³-hybridized carbons (Fsp3) is 0.467. The molecule has 0 aromatic heterocycles. The van der Waals surface area contributed by atoms with E-state index >= 15 is 0 Å². The summed E-state index contributed by atoms with van der Waals surface area (Å²) in [6, 6.07) is 4.85. The minimum absolute atomic E-state index is 0.200. The molecule has 21 heavy (non-hydrogen) atoms. The molecule has 1 aliphatic carbocycles. The van der Waals surface area contributed by atoms with E-state index in [4.69, 9.17) is 11.6 Å². The van der Waals surface area contributed by atoms with Crippen molar-refractivity contribution in [3.8, 4) is 0 Å². The highest BCUT2D eigenvalue weighted by molar-refractivity contribution is 6.34. The second-order valence-corrected chi connectivity index (χ2v) is 6.08. The standard InChI is InChI=1S/C15H20ClN3O2/c1-9(2)8-17-15(21)19-11-5-6-13(16)12(7-11)14(20)18-10-3-4-10/h5-7,9-10H,3-4,8H2,1-2H3,(H,18,20)(H2,17,19,21). The molecular weight excluding hydrogens is 290 g/mol. The number of amides is 3. The Morgan fingerprint density at radius 2 is 2.05 bits per heavy atom. The SMILES string of the molecule is CC(C)CNC(=O)Nc1ccc(Cl)c(C(=O)NC2CC2)c1. The topological polar surface area (TPSA) is 70.2 Å². The van der Waals surface area contributed by atoms with E-state index in [1.54, 1.807) is 18.2 Å². The molecule has 0 heterocycles. The zero-order valence-corrected chi connectivity index (χ0v) is 13.0. The summed E-state index contributed by atoms with van der Waals surface area (Å²) in [6.07, 6.45) is 2.03. The molecule has 0 atom stereocenters. The van der Waals surface area contributed by atoms with Gasteiger partial charge in [-0.25, -0.2) is 4.79 Å². The van der Waals surface area contributed by atoms with Gasteiger partial charge in [0.2, 0.25) is 0 Å². The first-order valence-electron chi connectivity index (χ1n) is 7.11. The molecule has 1 aromatic carbocycles. The maximum atomic E-state index is 12.0. The number of hydrogen-bond donors (Lipinski definition) is 3. The van der Waals surface area contributed by atoms with Crippen LogP contribution in [0.3, 0.4) is 0 Å². The molecule has 1 aromatic rings. The third-order valence-corrected chi connectivity index (χ3v) is 3.38. The van der Waals surface area contributed by atoms with Crippen molar-refractivity contribution < 1.29 is 9.59 Å². The van der Waals surface area contributed by atoms with Crippen LogP contribution in [0.1, 0.15) is 37.0 Å². The average Bonchev–Trinajstić information content (AvgIpc) is 3.22. The number of benzene rings is 1. The molecule has 1 saturated carbocycles. The predicted molar refractivity (Wildman–Crippen MR) is 83.8 cm³/mol. The molecule has 0 saturated heterocycles. The van der Waals surface area contributed by atoms with Crippen LogP contribution in [0.15, 0.2) is 18.2 Å². The summed E-state index contributed by atoms with van der Waals surface area (Å²) in [6.45, 7) is 4.63. The van der Waals surface area contributed by atoms with Gasteiger partial charge < -0.3 is 16.0 Å². The zero-order chi connectivity index (χ0) is 15.4. The van der Waals surface area contributed by atoms with Crippen LogP contribution in [0.2, 0.25) is 5.02 Å². The Labute approximate surface area is 129 Å². The lowest BCUT2D eigenvalue weighted by Gasteiger charge is -2.11. The van der Waals surface area contributed by atoms with Crippen molar-refractivity contribution in [2.24, 2.45) is 5.92 Å². The van der Waals surface area contributed by atoms with Gasteiger partial charge in [-0.1, -0.05) is 25.4 Å². The van der Waals surface area contributed by atoms with Gasteiger partial charge in [-0.3, -0.25) is 4.79 Å².